The van der Waals surface area contributed by atoms with Gasteiger partial charge in [-0.05, 0) is 19.8 Å². The average molecular weight is 250 g/mol. The van der Waals surface area contributed by atoms with Crippen molar-refractivity contribution in [3.05, 3.63) is 12.2 Å². The van der Waals surface area contributed by atoms with E-state index in [2.05, 4.69) is 6.58 Å². The second-order valence-corrected chi connectivity index (χ2v) is 6.05. The Morgan fingerprint density at radius 1 is 1.42 bits per heavy atom. The van der Waals surface area contributed by atoms with Crippen LogP contribution in [0.4, 0.5) is 0 Å². The lowest BCUT2D eigenvalue weighted by Crippen LogP contribution is -2.11. The predicted octanol–water partition coefficient (Wildman–Crippen LogP) is 4.71. The molecule has 0 spiro atoms. The molecule has 0 amide bonds. The van der Waals surface area contributed by atoms with E-state index in [9.17, 15) is 0 Å². The van der Waals surface area contributed by atoms with Crippen molar-refractivity contribution in [2.24, 2.45) is 0 Å². The van der Waals surface area contributed by atoms with E-state index in [1.165, 1.54) is 0 Å². The van der Waals surface area contributed by atoms with Gasteiger partial charge in [0.05, 0.1) is 0 Å². The normalized spacial score (nSPS) is 14.4. The Morgan fingerprint density at radius 2 is 1.92 bits per heavy atom. The summed E-state index contributed by atoms with van der Waals surface area (Å²) in [5, 5.41) is -0.0887. The molecular formula is C8H12Cl4. The third-order valence-electron chi connectivity index (χ3n) is 1.34. The average Bonchev–Trinajstić information content (AvgIpc) is 1.79. The van der Waals surface area contributed by atoms with Gasteiger partial charge in [-0.3, -0.25) is 0 Å². The van der Waals surface area contributed by atoms with Crippen LogP contribution in [0.25, 0.3) is 0 Å². The maximum absolute atomic E-state index is 5.92. The van der Waals surface area contributed by atoms with Crippen molar-refractivity contribution in [2.75, 3.05) is 0 Å². The predicted molar refractivity (Wildman–Crippen MR) is 58.6 cm³/mol. The van der Waals surface area contributed by atoms with E-state index >= 15 is 0 Å². The summed E-state index contributed by atoms with van der Waals surface area (Å²) in [5.41, 5.74) is 1.10. The van der Waals surface area contributed by atoms with Crippen LogP contribution in [0, 0.1) is 0 Å². The molecule has 1 atom stereocenters. The zero-order valence-corrected chi connectivity index (χ0v) is 9.94. The lowest BCUT2D eigenvalue weighted by Gasteiger charge is -2.15. The van der Waals surface area contributed by atoms with E-state index in [4.69, 9.17) is 46.4 Å². The molecule has 0 aromatic carbocycles. The van der Waals surface area contributed by atoms with Crippen molar-refractivity contribution >= 4 is 46.4 Å². The molecule has 1 unspecified atom stereocenters. The summed E-state index contributed by atoms with van der Waals surface area (Å²) in [6.45, 7) is 5.72. The number of alkyl halides is 4. The Labute approximate surface area is 93.8 Å². The fourth-order valence-corrected chi connectivity index (χ4v) is 1.89. The molecule has 0 N–H and O–H groups in total. The van der Waals surface area contributed by atoms with Gasteiger partial charge in [-0.2, -0.15) is 0 Å². The van der Waals surface area contributed by atoms with Gasteiger partial charge < -0.3 is 0 Å². The Morgan fingerprint density at radius 3 is 2.25 bits per heavy atom. The smallest absolute Gasteiger partial charge is 0.123 e. The highest BCUT2D eigenvalue weighted by Gasteiger charge is 2.23. The number of halogens is 4. The van der Waals surface area contributed by atoms with Crippen LogP contribution in [-0.4, -0.2) is 9.17 Å². The monoisotopic (exact) mass is 248 g/mol. The van der Waals surface area contributed by atoms with Crippen molar-refractivity contribution in [3.63, 3.8) is 0 Å². The molecule has 0 nitrogen and oxygen atoms in total. The van der Waals surface area contributed by atoms with Crippen LogP contribution in [0.1, 0.15) is 26.2 Å². The van der Waals surface area contributed by atoms with Crippen LogP contribution < -0.4 is 0 Å². The molecule has 0 aliphatic heterocycles. The zero-order valence-electron chi connectivity index (χ0n) is 6.92. The zero-order chi connectivity index (χ0) is 9.78. The van der Waals surface area contributed by atoms with Crippen LogP contribution in [-0.2, 0) is 0 Å². The lowest BCUT2D eigenvalue weighted by atomic mass is 10.1. The second-order valence-electron chi connectivity index (χ2n) is 2.91. The first-order valence-electron chi connectivity index (χ1n) is 3.66. The summed E-state index contributed by atoms with van der Waals surface area (Å²) in [6.07, 6.45) is 2.08. The standard InChI is InChI=1S/C8H12Cl4/c1-6(2)3-4-7(9)5-8(10,11)12/h7H,1,3-5H2,2H3. The van der Waals surface area contributed by atoms with Gasteiger partial charge in [-0.15, -0.1) is 18.2 Å². The quantitative estimate of drug-likeness (QED) is 0.500. The Hall–Kier alpha value is 0.900. The number of allylic oxidation sites excluding steroid dienone is 1. The largest absolute Gasteiger partial charge is 0.192 e. The van der Waals surface area contributed by atoms with Gasteiger partial charge >= 0.3 is 0 Å². The summed E-state index contributed by atoms with van der Waals surface area (Å²) in [5.74, 6) is 0. The Bertz CT molecular complexity index is 148. The molecule has 0 rings (SSSR count). The maximum Gasteiger partial charge on any atom is 0.192 e. The molecule has 0 bridgehead atoms. The van der Waals surface area contributed by atoms with E-state index in [-0.39, 0.29) is 5.38 Å². The summed E-state index contributed by atoms with van der Waals surface area (Å²) in [7, 11) is 0. The molecule has 4 heteroatoms. The third-order valence-corrected chi connectivity index (χ3v) is 2.17. The fourth-order valence-electron chi connectivity index (χ4n) is 0.756. The Balaban J connectivity index is 3.60. The fraction of sp³-hybridized carbons (Fsp3) is 0.750. The van der Waals surface area contributed by atoms with E-state index in [0.717, 1.165) is 18.4 Å². The van der Waals surface area contributed by atoms with Crippen LogP contribution in [0.5, 0.6) is 0 Å². The molecule has 0 heterocycles. The van der Waals surface area contributed by atoms with Crippen LogP contribution >= 0.6 is 46.4 Å². The summed E-state index contributed by atoms with van der Waals surface area (Å²) in [6, 6.07) is 0. The molecule has 0 aliphatic rings. The van der Waals surface area contributed by atoms with E-state index in [0.29, 0.717) is 6.42 Å². The van der Waals surface area contributed by atoms with E-state index in [1.54, 1.807) is 0 Å². The highest BCUT2D eigenvalue weighted by molar-refractivity contribution is 6.67. The third kappa shape index (κ3) is 8.99. The van der Waals surface area contributed by atoms with Crippen LogP contribution in [0.2, 0.25) is 0 Å². The van der Waals surface area contributed by atoms with Gasteiger partial charge in [-0.1, -0.05) is 40.4 Å². The topological polar surface area (TPSA) is 0 Å². The first-order chi connectivity index (χ1) is 5.31. The van der Waals surface area contributed by atoms with Crippen molar-refractivity contribution in [3.8, 4) is 0 Å². The molecule has 12 heavy (non-hydrogen) atoms. The first-order valence-corrected chi connectivity index (χ1v) is 5.23. The molecule has 0 radical (unpaired) electrons. The second kappa shape index (κ2) is 5.59. The van der Waals surface area contributed by atoms with E-state index in [1.807, 2.05) is 6.92 Å². The molecular weight excluding hydrogens is 238 g/mol. The summed E-state index contributed by atoms with van der Waals surface area (Å²) in [4.78, 5) is 0. The van der Waals surface area contributed by atoms with Crippen molar-refractivity contribution < 1.29 is 0 Å². The molecule has 0 aromatic rings. The Kier molecular flexibility index (Phi) is 6.01. The minimum Gasteiger partial charge on any atom is -0.123 e. The van der Waals surface area contributed by atoms with Crippen molar-refractivity contribution in [2.45, 2.75) is 35.4 Å². The molecule has 0 saturated carbocycles. The van der Waals surface area contributed by atoms with Gasteiger partial charge in [0.1, 0.15) is 0 Å². The molecule has 72 valence electrons. The first kappa shape index (κ1) is 12.9. The summed E-state index contributed by atoms with van der Waals surface area (Å²) < 4.78 is -1.23. The maximum atomic E-state index is 5.92. The van der Waals surface area contributed by atoms with Crippen LogP contribution in [0.15, 0.2) is 12.2 Å². The number of hydrogen-bond donors (Lipinski definition) is 0. The van der Waals surface area contributed by atoms with Crippen molar-refractivity contribution in [1.29, 1.82) is 0 Å². The highest BCUT2D eigenvalue weighted by atomic mass is 35.6. The van der Waals surface area contributed by atoms with E-state index < -0.39 is 3.79 Å². The number of hydrogen-bond acceptors (Lipinski definition) is 0. The molecule has 0 aliphatic carbocycles. The number of rotatable bonds is 4. The van der Waals surface area contributed by atoms with Gasteiger partial charge in [-0.25, -0.2) is 0 Å². The lowest BCUT2D eigenvalue weighted by molar-refractivity contribution is 0.697. The SMILES string of the molecule is C=C(C)CCC(Cl)CC(Cl)(Cl)Cl. The van der Waals surface area contributed by atoms with Gasteiger partial charge in [0.2, 0.25) is 0 Å². The summed E-state index contributed by atoms with van der Waals surface area (Å²) >= 11 is 22.6. The van der Waals surface area contributed by atoms with Crippen LogP contribution in [0.3, 0.4) is 0 Å². The van der Waals surface area contributed by atoms with Gasteiger partial charge in [0.25, 0.3) is 0 Å². The van der Waals surface area contributed by atoms with Gasteiger partial charge in [0.15, 0.2) is 3.79 Å². The molecule has 0 aromatic heterocycles. The van der Waals surface area contributed by atoms with Crippen molar-refractivity contribution in [1.82, 2.24) is 0 Å². The highest BCUT2D eigenvalue weighted by Crippen LogP contribution is 2.34. The van der Waals surface area contributed by atoms with Gasteiger partial charge in [0, 0.05) is 11.8 Å². The molecule has 0 saturated heterocycles. The minimum absolute atomic E-state index is 0.0887. The minimum atomic E-state index is -1.23. The molecule has 0 fully saturated rings.